The summed E-state index contributed by atoms with van der Waals surface area (Å²) in [7, 11) is -2.46. The lowest BCUT2D eigenvalue weighted by molar-refractivity contribution is 0.590. The smallest absolute Gasteiger partial charge is 0.264 e. The van der Waals surface area contributed by atoms with Crippen molar-refractivity contribution in [1.82, 2.24) is 0 Å². The van der Waals surface area contributed by atoms with Crippen molar-refractivity contribution in [3.8, 4) is 0 Å². The molecule has 3 nitrogen and oxygen atoms in total. The number of anilines is 1. The Kier molecular flexibility index (Phi) is 4.00. The van der Waals surface area contributed by atoms with Crippen molar-refractivity contribution in [3.05, 3.63) is 59.2 Å². The van der Waals surface area contributed by atoms with Crippen LogP contribution in [0.15, 0.2) is 41.3 Å². The highest BCUT2D eigenvalue weighted by Gasteiger charge is 2.25. The molecule has 0 aliphatic heterocycles. The van der Waals surface area contributed by atoms with Crippen molar-refractivity contribution in [2.45, 2.75) is 18.7 Å². The van der Waals surface area contributed by atoms with Gasteiger partial charge in [-0.15, -0.1) is 0 Å². The van der Waals surface area contributed by atoms with Gasteiger partial charge < -0.3 is 0 Å². The first kappa shape index (κ1) is 15.4. The van der Waals surface area contributed by atoms with Gasteiger partial charge in [0.25, 0.3) is 10.0 Å². The number of rotatable bonds is 3. The van der Waals surface area contributed by atoms with Gasteiger partial charge in [0.1, 0.15) is 11.6 Å². The van der Waals surface area contributed by atoms with E-state index in [1.807, 2.05) is 0 Å². The van der Waals surface area contributed by atoms with Crippen LogP contribution in [0.25, 0.3) is 0 Å². The number of aryl methyl sites for hydroxylation is 2. The molecule has 0 heterocycles. The standard InChI is InChI=1S/C15H15F2NO2S/c1-10-8-13(17)9-11(2)15(10)21(19,20)18(3)14-6-4-12(16)5-7-14/h4-9H,1-3H3. The van der Waals surface area contributed by atoms with Crippen LogP contribution >= 0.6 is 0 Å². The monoisotopic (exact) mass is 311 g/mol. The number of nitrogens with zero attached hydrogens (tertiary/aromatic N) is 1. The number of hydrogen-bond acceptors (Lipinski definition) is 2. The molecule has 0 spiro atoms. The highest BCUT2D eigenvalue weighted by Crippen LogP contribution is 2.27. The van der Waals surface area contributed by atoms with Gasteiger partial charge in [-0.05, 0) is 61.4 Å². The number of sulfonamides is 1. The Balaban J connectivity index is 2.54. The van der Waals surface area contributed by atoms with Crippen molar-refractivity contribution < 1.29 is 17.2 Å². The normalized spacial score (nSPS) is 11.5. The highest BCUT2D eigenvalue weighted by molar-refractivity contribution is 7.92. The van der Waals surface area contributed by atoms with Gasteiger partial charge in [-0.3, -0.25) is 4.31 Å². The third-order valence-corrected chi connectivity index (χ3v) is 5.33. The van der Waals surface area contributed by atoms with Gasteiger partial charge in [0.2, 0.25) is 0 Å². The molecule has 6 heteroatoms. The molecule has 2 aromatic rings. The molecule has 2 rings (SSSR count). The van der Waals surface area contributed by atoms with Gasteiger partial charge in [0.15, 0.2) is 0 Å². The van der Waals surface area contributed by atoms with Gasteiger partial charge >= 0.3 is 0 Å². The van der Waals surface area contributed by atoms with Crippen LogP contribution in [0, 0.1) is 25.5 Å². The third kappa shape index (κ3) is 2.90. The van der Waals surface area contributed by atoms with Crippen LogP contribution in [0.3, 0.4) is 0 Å². The Labute approximate surface area is 122 Å². The van der Waals surface area contributed by atoms with E-state index in [1.165, 1.54) is 43.4 Å². The second kappa shape index (κ2) is 5.44. The lowest BCUT2D eigenvalue weighted by Gasteiger charge is -2.22. The Morgan fingerprint density at radius 1 is 0.905 bits per heavy atom. The van der Waals surface area contributed by atoms with E-state index in [2.05, 4.69) is 0 Å². The molecule has 0 N–H and O–H groups in total. The van der Waals surface area contributed by atoms with E-state index in [0.717, 1.165) is 4.31 Å². The maximum atomic E-state index is 13.3. The van der Waals surface area contributed by atoms with Gasteiger partial charge in [-0.25, -0.2) is 17.2 Å². The Bertz CT molecular complexity index is 748. The minimum atomic E-state index is -3.84. The van der Waals surface area contributed by atoms with Gasteiger partial charge in [0, 0.05) is 7.05 Å². The van der Waals surface area contributed by atoms with Crippen molar-refractivity contribution in [2.75, 3.05) is 11.4 Å². The molecular weight excluding hydrogens is 296 g/mol. The van der Waals surface area contributed by atoms with E-state index in [4.69, 9.17) is 0 Å². The quantitative estimate of drug-likeness (QED) is 0.871. The molecule has 0 aliphatic carbocycles. The average Bonchev–Trinajstić information content (AvgIpc) is 2.37. The third-order valence-electron chi connectivity index (χ3n) is 3.23. The topological polar surface area (TPSA) is 37.4 Å². The largest absolute Gasteiger partial charge is 0.269 e. The molecule has 0 radical (unpaired) electrons. The van der Waals surface area contributed by atoms with Crippen molar-refractivity contribution >= 4 is 15.7 Å². The first-order valence-corrected chi connectivity index (χ1v) is 7.68. The fourth-order valence-corrected chi connectivity index (χ4v) is 3.84. The summed E-state index contributed by atoms with van der Waals surface area (Å²) in [5.41, 5.74) is 1.00. The van der Waals surface area contributed by atoms with E-state index < -0.39 is 21.7 Å². The van der Waals surface area contributed by atoms with Crippen molar-refractivity contribution in [3.63, 3.8) is 0 Å². The molecule has 0 fully saturated rings. The molecule has 0 saturated heterocycles. The van der Waals surface area contributed by atoms with Crippen LogP contribution in [0.4, 0.5) is 14.5 Å². The Hall–Kier alpha value is -1.95. The molecule has 0 aromatic heterocycles. The van der Waals surface area contributed by atoms with Gasteiger partial charge in [-0.1, -0.05) is 0 Å². The molecule has 21 heavy (non-hydrogen) atoms. The van der Waals surface area contributed by atoms with Crippen LogP contribution in [0.5, 0.6) is 0 Å². The van der Waals surface area contributed by atoms with Crippen molar-refractivity contribution in [1.29, 1.82) is 0 Å². The maximum absolute atomic E-state index is 13.3. The molecule has 2 aromatic carbocycles. The van der Waals surface area contributed by atoms with Crippen LogP contribution in [-0.2, 0) is 10.0 Å². The van der Waals surface area contributed by atoms with Crippen LogP contribution in [-0.4, -0.2) is 15.5 Å². The summed E-state index contributed by atoms with van der Waals surface area (Å²) in [5.74, 6) is -0.924. The first-order valence-electron chi connectivity index (χ1n) is 6.24. The molecule has 0 aliphatic rings. The molecule has 0 bridgehead atoms. The highest BCUT2D eigenvalue weighted by atomic mass is 32.2. The summed E-state index contributed by atoms with van der Waals surface area (Å²) >= 11 is 0. The minimum Gasteiger partial charge on any atom is -0.269 e. The second-order valence-corrected chi connectivity index (χ2v) is 6.72. The van der Waals surface area contributed by atoms with Crippen molar-refractivity contribution in [2.24, 2.45) is 0 Å². The zero-order valence-electron chi connectivity index (χ0n) is 11.9. The maximum Gasteiger partial charge on any atom is 0.264 e. The average molecular weight is 311 g/mol. The molecule has 0 amide bonds. The molecule has 0 unspecified atom stereocenters. The summed E-state index contributed by atoms with van der Waals surface area (Å²) in [6.45, 7) is 3.09. The van der Waals surface area contributed by atoms with Crippen LogP contribution < -0.4 is 4.31 Å². The molecule has 0 saturated carbocycles. The SMILES string of the molecule is Cc1cc(F)cc(C)c1S(=O)(=O)N(C)c1ccc(F)cc1. The summed E-state index contributed by atoms with van der Waals surface area (Å²) in [6, 6.07) is 7.48. The summed E-state index contributed by atoms with van der Waals surface area (Å²) in [6.07, 6.45) is 0. The molecule has 0 atom stereocenters. The predicted octanol–water partition coefficient (Wildman–Crippen LogP) is 3.41. The van der Waals surface area contributed by atoms with E-state index >= 15 is 0 Å². The number of benzene rings is 2. The lowest BCUT2D eigenvalue weighted by Crippen LogP contribution is -2.28. The van der Waals surface area contributed by atoms with Crippen LogP contribution in [0.2, 0.25) is 0 Å². The Morgan fingerprint density at radius 2 is 1.38 bits per heavy atom. The van der Waals surface area contributed by atoms with Gasteiger partial charge in [-0.2, -0.15) is 0 Å². The number of halogens is 2. The summed E-state index contributed by atoms with van der Waals surface area (Å²) < 4.78 is 52.7. The Morgan fingerprint density at radius 3 is 1.86 bits per heavy atom. The van der Waals surface area contributed by atoms with E-state index in [-0.39, 0.29) is 4.90 Å². The van der Waals surface area contributed by atoms with E-state index in [9.17, 15) is 17.2 Å². The zero-order valence-corrected chi connectivity index (χ0v) is 12.7. The summed E-state index contributed by atoms with van der Waals surface area (Å²) in [5, 5.41) is 0. The second-order valence-electron chi connectivity index (χ2n) is 4.82. The first-order chi connectivity index (χ1) is 9.73. The minimum absolute atomic E-state index is 0.0655. The molecule has 112 valence electrons. The van der Waals surface area contributed by atoms with Crippen LogP contribution in [0.1, 0.15) is 11.1 Å². The van der Waals surface area contributed by atoms with Gasteiger partial charge in [0.05, 0.1) is 10.6 Å². The predicted molar refractivity (Wildman–Crippen MR) is 77.9 cm³/mol. The lowest BCUT2D eigenvalue weighted by atomic mass is 10.1. The number of hydrogen-bond donors (Lipinski definition) is 0. The fraction of sp³-hybridized carbons (Fsp3) is 0.200. The van der Waals surface area contributed by atoms with E-state index in [0.29, 0.717) is 16.8 Å². The van der Waals surface area contributed by atoms with E-state index in [1.54, 1.807) is 13.8 Å². The summed E-state index contributed by atoms with van der Waals surface area (Å²) in [4.78, 5) is 0.0655. The fourth-order valence-electron chi connectivity index (χ4n) is 2.23. The molecular formula is C15H15F2NO2S. The zero-order chi connectivity index (χ0) is 15.8.